The Bertz CT molecular complexity index is 784. The van der Waals surface area contributed by atoms with Gasteiger partial charge < -0.3 is 10.6 Å². The van der Waals surface area contributed by atoms with Gasteiger partial charge >= 0.3 is 0 Å². The summed E-state index contributed by atoms with van der Waals surface area (Å²) in [5, 5.41) is 10.2. The highest BCUT2D eigenvalue weighted by molar-refractivity contribution is 7.16. The van der Waals surface area contributed by atoms with Crippen LogP contribution in [0.15, 0.2) is 29.6 Å². The molecule has 0 amide bonds. The molecule has 0 fully saturated rings. The average molecular weight is 319 g/mol. The molecule has 0 saturated carbocycles. The van der Waals surface area contributed by atoms with Crippen molar-refractivity contribution in [2.75, 3.05) is 17.2 Å². The molecule has 2 heterocycles. The number of halogens is 1. The molecule has 3 aromatic rings. The van der Waals surface area contributed by atoms with Crippen molar-refractivity contribution in [3.8, 4) is 0 Å². The second kappa shape index (κ2) is 5.87. The third-order valence-electron chi connectivity index (χ3n) is 3.04. The number of hydrogen-bond acceptors (Lipinski definition) is 5. The van der Waals surface area contributed by atoms with E-state index in [1.54, 1.807) is 11.3 Å². The van der Waals surface area contributed by atoms with E-state index in [9.17, 15) is 0 Å². The second-order valence-electron chi connectivity index (χ2n) is 4.67. The monoisotopic (exact) mass is 318 g/mol. The first-order valence-corrected chi connectivity index (χ1v) is 7.95. The van der Waals surface area contributed by atoms with Crippen molar-refractivity contribution in [1.82, 2.24) is 9.97 Å². The maximum Gasteiger partial charge on any atom is 0.226 e. The fourth-order valence-electron chi connectivity index (χ4n) is 2.04. The van der Waals surface area contributed by atoms with E-state index in [1.807, 2.05) is 43.5 Å². The molecule has 4 nitrogen and oxygen atoms in total. The molecule has 1 aromatic carbocycles. The van der Waals surface area contributed by atoms with Crippen molar-refractivity contribution in [3.05, 3.63) is 40.2 Å². The van der Waals surface area contributed by atoms with Crippen LogP contribution in [-0.4, -0.2) is 16.5 Å². The third-order valence-corrected chi connectivity index (χ3v) is 4.16. The molecule has 0 aliphatic carbocycles. The predicted molar refractivity (Wildman–Crippen MR) is 91.1 cm³/mol. The van der Waals surface area contributed by atoms with Gasteiger partial charge in [-0.3, -0.25) is 0 Å². The largest absolute Gasteiger partial charge is 0.354 e. The lowest BCUT2D eigenvalue weighted by atomic mass is 10.2. The normalized spacial score (nSPS) is 10.8. The van der Waals surface area contributed by atoms with Crippen molar-refractivity contribution >= 4 is 50.6 Å². The summed E-state index contributed by atoms with van der Waals surface area (Å²) in [4.78, 5) is 9.97. The summed E-state index contributed by atoms with van der Waals surface area (Å²) in [7, 11) is 0. The van der Waals surface area contributed by atoms with Gasteiger partial charge in [-0.2, -0.15) is 4.98 Å². The molecular formula is C15H15ClN4S. The number of thiophene rings is 1. The Kier molecular flexibility index (Phi) is 3.94. The fraction of sp³-hybridized carbons (Fsp3) is 0.200. The van der Waals surface area contributed by atoms with Crippen molar-refractivity contribution in [2.45, 2.75) is 13.8 Å². The van der Waals surface area contributed by atoms with Gasteiger partial charge in [0, 0.05) is 6.54 Å². The number of nitrogens with one attached hydrogen (secondary N) is 2. The highest BCUT2D eigenvalue weighted by Crippen LogP contribution is 2.31. The fourth-order valence-corrected chi connectivity index (χ4v) is 3.08. The van der Waals surface area contributed by atoms with Gasteiger partial charge in [0.05, 0.1) is 16.1 Å². The molecule has 0 unspecified atom stereocenters. The molecule has 6 heteroatoms. The Morgan fingerprint density at radius 3 is 2.86 bits per heavy atom. The van der Waals surface area contributed by atoms with E-state index in [0.717, 1.165) is 33.8 Å². The summed E-state index contributed by atoms with van der Waals surface area (Å²) in [6.07, 6.45) is 0. The van der Waals surface area contributed by atoms with Crippen LogP contribution in [-0.2, 0) is 0 Å². The van der Waals surface area contributed by atoms with Crippen LogP contribution in [0.5, 0.6) is 0 Å². The zero-order valence-corrected chi connectivity index (χ0v) is 13.3. The first kappa shape index (κ1) is 14.1. The zero-order valence-electron chi connectivity index (χ0n) is 11.8. The minimum Gasteiger partial charge on any atom is -0.354 e. The highest BCUT2D eigenvalue weighted by Gasteiger charge is 2.10. The highest BCUT2D eigenvalue weighted by atomic mass is 35.5. The number of benzene rings is 1. The van der Waals surface area contributed by atoms with E-state index in [0.29, 0.717) is 11.0 Å². The van der Waals surface area contributed by atoms with E-state index < -0.39 is 0 Å². The molecule has 21 heavy (non-hydrogen) atoms. The summed E-state index contributed by atoms with van der Waals surface area (Å²) in [5.74, 6) is 1.39. The quantitative estimate of drug-likeness (QED) is 0.723. The Labute approximate surface area is 132 Å². The van der Waals surface area contributed by atoms with Crippen molar-refractivity contribution in [2.24, 2.45) is 0 Å². The first-order chi connectivity index (χ1) is 10.2. The standard InChI is InChI=1S/C15H15ClN4S/c1-3-17-15-19-13(10-6-7-21-14(10)20-15)18-12-5-4-9(2)8-11(12)16/h4-8H,3H2,1-2H3,(H2,17,18,19,20). The third kappa shape index (κ3) is 2.94. The average Bonchev–Trinajstić information content (AvgIpc) is 2.91. The van der Waals surface area contributed by atoms with Crippen LogP contribution in [0.4, 0.5) is 17.5 Å². The number of aryl methyl sites for hydroxylation is 1. The SMILES string of the molecule is CCNc1nc(Nc2ccc(C)cc2Cl)c2ccsc2n1. The smallest absolute Gasteiger partial charge is 0.226 e. The molecule has 0 saturated heterocycles. The summed E-state index contributed by atoms with van der Waals surface area (Å²) >= 11 is 7.88. The molecular weight excluding hydrogens is 304 g/mol. The summed E-state index contributed by atoms with van der Waals surface area (Å²) < 4.78 is 0. The van der Waals surface area contributed by atoms with Gasteiger partial charge in [-0.25, -0.2) is 4.98 Å². The second-order valence-corrected chi connectivity index (χ2v) is 5.98. The molecule has 0 spiro atoms. The van der Waals surface area contributed by atoms with Gasteiger partial charge in [0.1, 0.15) is 10.6 Å². The Balaban J connectivity index is 2.04. The predicted octanol–water partition coefficient (Wildman–Crippen LogP) is 4.83. The molecule has 0 aliphatic rings. The lowest BCUT2D eigenvalue weighted by Gasteiger charge is -2.11. The lowest BCUT2D eigenvalue weighted by molar-refractivity contribution is 1.11. The van der Waals surface area contributed by atoms with Crippen LogP contribution in [0.1, 0.15) is 12.5 Å². The van der Waals surface area contributed by atoms with Gasteiger partial charge in [0.25, 0.3) is 0 Å². The van der Waals surface area contributed by atoms with E-state index >= 15 is 0 Å². The molecule has 0 atom stereocenters. The lowest BCUT2D eigenvalue weighted by Crippen LogP contribution is -2.04. The van der Waals surface area contributed by atoms with Crippen LogP contribution >= 0.6 is 22.9 Å². The van der Waals surface area contributed by atoms with Gasteiger partial charge in [-0.1, -0.05) is 17.7 Å². The van der Waals surface area contributed by atoms with Gasteiger partial charge in [0.15, 0.2) is 0 Å². The molecule has 2 aromatic heterocycles. The number of rotatable bonds is 4. The van der Waals surface area contributed by atoms with E-state index in [1.165, 1.54) is 0 Å². The molecule has 0 bridgehead atoms. The number of anilines is 3. The topological polar surface area (TPSA) is 49.8 Å². The molecule has 3 rings (SSSR count). The van der Waals surface area contributed by atoms with Gasteiger partial charge in [-0.15, -0.1) is 11.3 Å². The van der Waals surface area contributed by atoms with Crippen LogP contribution in [0.2, 0.25) is 5.02 Å². The van der Waals surface area contributed by atoms with Crippen LogP contribution in [0, 0.1) is 6.92 Å². The molecule has 108 valence electrons. The Hall–Kier alpha value is -1.85. The molecule has 0 radical (unpaired) electrons. The van der Waals surface area contributed by atoms with Crippen LogP contribution in [0.25, 0.3) is 10.2 Å². The number of nitrogens with zero attached hydrogens (tertiary/aromatic N) is 2. The van der Waals surface area contributed by atoms with Crippen LogP contribution in [0.3, 0.4) is 0 Å². The minimum atomic E-state index is 0.623. The summed E-state index contributed by atoms with van der Waals surface area (Å²) in [6.45, 7) is 4.81. The van der Waals surface area contributed by atoms with Gasteiger partial charge in [-0.05, 0) is 43.0 Å². The van der Waals surface area contributed by atoms with E-state index in [4.69, 9.17) is 11.6 Å². The van der Waals surface area contributed by atoms with E-state index in [2.05, 4.69) is 20.6 Å². The van der Waals surface area contributed by atoms with E-state index in [-0.39, 0.29) is 0 Å². The molecule has 2 N–H and O–H groups in total. The number of aromatic nitrogens is 2. The maximum absolute atomic E-state index is 6.29. The number of fused-ring (bicyclic) bond motifs is 1. The van der Waals surface area contributed by atoms with Gasteiger partial charge in [0.2, 0.25) is 5.95 Å². The van der Waals surface area contributed by atoms with Crippen molar-refractivity contribution in [3.63, 3.8) is 0 Å². The maximum atomic E-state index is 6.29. The molecule has 0 aliphatic heterocycles. The minimum absolute atomic E-state index is 0.623. The number of hydrogen-bond donors (Lipinski definition) is 2. The van der Waals surface area contributed by atoms with Crippen LogP contribution < -0.4 is 10.6 Å². The van der Waals surface area contributed by atoms with Crippen molar-refractivity contribution in [1.29, 1.82) is 0 Å². The Morgan fingerprint density at radius 1 is 1.24 bits per heavy atom. The zero-order chi connectivity index (χ0) is 14.8. The Morgan fingerprint density at radius 2 is 2.10 bits per heavy atom. The van der Waals surface area contributed by atoms with Crippen molar-refractivity contribution < 1.29 is 0 Å². The summed E-state index contributed by atoms with van der Waals surface area (Å²) in [5.41, 5.74) is 1.97. The summed E-state index contributed by atoms with van der Waals surface area (Å²) in [6, 6.07) is 7.93. The first-order valence-electron chi connectivity index (χ1n) is 6.69.